The van der Waals surface area contributed by atoms with Gasteiger partial charge in [-0.1, -0.05) is 120 Å². The molecule has 7 nitrogen and oxygen atoms in total. The zero-order valence-electron chi connectivity index (χ0n) is 30.5. The molecule has 266 valence electrons. The molecule has 5 aromatic rings. The lowest BCUT2D eigenvalue weighted by atomic mass is 9.86. The summed E-state index contributed by atoms with van der Waals surface area (Å²) in [4.78, 5) is 37.5. The molecular weight excluding hydrogens is 660 g/mol. The molecule has 0 fully saturated rings. The van der Waals surface area contributed by atoms with Crippen molar-refractivity contribution in [3.63, 3.8) is 0 Å². The van der Waals surface area contributed by atoms with Crippen molar-refractivity contribution in [2.24, 2.45) is 0 Å². The van der Waals surface area contributed by atoms with Crippen LogP contribution in [0.25, 0.3) is 0 Å². The van der Waals surface area contributed by atoms with E-state index in [9.17, 15) is 19.5 Å². The lowest BCUT2D eigenvalue weighted by Gasteiger charge is -2.25. The summed E-state index contributed by atoms with van der Waals surface area (Å²) in [6.45, 7) is 12.7. The van der Waals surface area contributed by atoms with Crippen molar-refractivity contribution in [1.29, 1.82) is 0 Å². The Morgan fingerprint density at radius 1 is 0.647 bits per heavy atom. The zero-order valence-corrected chi connectivity index (χ0v) is 31.3. The van der Waals surface area contributed by atoms with Gasteiger partial charge in [0.1, 0.15) is 5.75 Å². The molecule has 0 saturated carbocycles. The van der Waals surface area contributed by atoms with Crippen LogP contribution in [0.2, 0.25) is 0 Å². The molecule has 0 bridgehead atoms. The highest BCUT2D eigenvalue weighted by molar-refractivity contribution is 6.67. The third-order valence-electron chi connectivity index (χ3n) is 7.86. The Bertz CT molecular complexity index is 1900. The molecule has 5 rings (SSSR count). The summed E-state index contributed by atoms with van der Waals surface area (Å²) in [6.07, 6.45) is 0. The molecule has 0 saturated heterocycles. The molecule has 8 heteroatoms. The first kappa shape index (κ1) is 40.0. The van der Waals surface area contributed by atoms with Gasteiger partial charge in [0.2, 0.25) is 0 Å². The summed E-state index contributed by atoms with van der Waals surface area (Å²) >= 11 is 5.16. The van der Waals surface area contributed by atoms with Gasteiger partial charge in [-0.15, -0.1) is 0 Å². The average molecular weight is 707 g/mol. The van der Waals surface area contributed by atoms with E-state index in [0.717, 1.165) is 11.3 Å². The van der Waals surface area contributed by atoms with Gasteiger partial charge in [0.15, 0.2) is 5.75 Å². The van der Waals surface area contributed by atoms with Crippen molar-refractivity contribution in [2.75, 3.05) is 24.3 Å². The molecule has 0 spiro atoms. The number of nitrogens with one attached hydrogen (secondary N) is 1. The number of ether oxygens (including phenoxy) is 1. The van der Waals surface area contributed by atoms with Gasteiger partial charge in [0.25, 0.3) is 11.1 Å². The molecule has 0 aliphatic heterocycles. The van der Waals surface area contributed by atoms with E-state index < -0.39 is 11.2 Å². The van der Waals surface area contributed by atoms with Crippen LogP contribution in [-0.4, -0.2) is 36.3 Å². The number of phenols is 1. The number of phenolic OH excluding ortho intramolecular Hbond substituents is 1. The number of benzene rings is 5. The molecule has 0 radical (unpaired) electrons. The molecule has 0 heterocycles. The fourth-order valence-corrected chi connectivity index (χ4v) is 4.85. The van der Waals surface area contributed by atoms with Gasteiger partial charge >= 0.3 is 5.97 Å². The summed E-state index contributed by atoms with van der Waals surface area (Å²) in [5.41, 5.74) is 5.16. The smallest absolute Gasteiger partial charge is 0.343 e. The second kappa shape index (κ2) is 18.0. The van der Waals surface area contributed by atoms with Crippen molar-refractivity contribution in [1.82, 2.24) is 0 Å². The maximum Gasteiger partial charge on any atom is 0.343 e. The zero-order chi connectivity index (χ0) is 37.8. The van der Waals surface area contributed by atoms with Crippen molar-refractivity contribution < 1.29 is 24.2 Å². The van der Waals surface area contributed by atoms with Crippen molar-refractivity contribution >= 4 is 40.1 Å². The quantitative estimate of drug-likeness (QED) is 0.0790. The Morgan fingerprint density at radius 2 is 1.10 bits per heavy atom. The van der Waals surface area contributed by atoms with Crippen LogP contribution in [0.1, 0.15) is 83.7 Å². The summed E-state index contributed by atoms with van der Waals surface area (Å²) in [6, 6.07) is 37.8. The first-order valence-corrected chi connectivity index (χ1v) is 16.9. The van der Waals surface area contributed by atoms with E-state index in [-0.39, 0.29) is 16.7 Å². The number of anilines is 2. The Kier molecular flexibility index (Phi) is 14.1. The first-order valence-electron chi connectivity index (χ1n) is 16.5. The van der Waals surface area contributed by atoms with E-state index in [1.54, 1.807) is 79.8 Å². The van der Waals surface area contributed by atoms with Gasteiger partial charge in [-0.3, -0.25) is 9.59 Å². The lowest BCUT2D eigenvalue weighted by Crippen LogP contribution is -2.27. The van der Waals surface area contributed by atoms with Crippen LogP contribution in [0.5, 0.6) is 11.5 Å². The largest absolute Gasteiger partial charge is 0.506 e. The number of esters is 1. The second-order valence-corrected chi connectivity index (χ2v) is 14.1. The molecule has 51 heavy (non-hydrogen) atoms. The highest BCUT2D eigenvalue weighted by Crippen LogP contribution is 2.35. The minimum Gasteiger partial charge on any atom is -0.506 e. The minimum absolute atomic E-state index is 0.118. The molecule has 1 amide bonds. The van der Waals surface area contributed by atoms with Gasteiger partial charge in [0, 0.05) is 25.2 Å². The van der Waals surface area contributed by atoms with Gasteiger partial charge in [-0.2, -0.15) is 0 Å². The number of hydrogen-bond donors (Lipinski definition) is 2. The van der Waals surface area contributed by atoms with Crippen LogP contribution < -0.4 is 15.0 Å². The van der Waals surface area contributed by atoms with Crippen LogP contribution in [-0.2, 0) is 10.8 Å². The maximum atomic E-state index is 13.0. The predicted molar refractivity (Wildman–Crippen MR) is 209 cm³/mol. The number of rotatable bonds is 6. The normalized spacial score (nSPS) is 10.8. The molecule has 0 aromatic heterocycles. The van der Waals surface area contributed by atoms with Crippen molar-refractivity contribution in [3.8, 4) is 11.5 Å². The second-order valence-electron chi connectivity index (χ2n) is 13.8. The average Bonchev–Trinajstić information content (AvgIpc) is 3.12. The van der Waals surface area contributed by atoms with E-state index in [2.05, 4.69) is 46.9 Å². The number of amides is 1. The highest BCUT2D eigenvalue weighted by Gasteiger charge is 2.23. The highest BCUT2D eigenvalue weighted by atomic mass is 35.5. The predicted octanol–water partition coefficient (Wildman–Crippen LogP) is 10.3. The molecule has 0 unspecified atom stereocenters. The summed E-state index contributed by atoms with van der Waals surface area (Å²) < 4.78 is 5.67. The number of aromatic hydroxyl groups is 1. The number of halogens is 1. The Morgan fingerprint density at radius 3 is 1.55 bits per heavy atom. The Labute approximate surface area is 306 Å². The minimum atomic E-state index is -0.462. The van der Waals surface area contributed by atoms with E-state index >= 15 is 0 Å². The van der Waals surface area contributed by atoms with Crippen molar-refractivity contribution in [2.45, 2.75) is 52.4 Å². The third-order valence-corrected chi connectivity index (χ3v) is 8.07. The van der Waals surface area contributed by atoms with Gasteiger partial charge in [-0.25, -0.2) is 4.79 Å². The summed E-state index contributed by atoms with van der Waals surface area (Å²) in [7, 11) is 3.50. The molecule has 0 atom stereocenters. The molecule has 0 aliphatic carbocycles. The van der Waals surface area contributed by atoms with Crippen LogP contribution in [0.4, 0.5) is 11.4 Å². The molecule has 5 aromatic carbocycles. The van der Waals surface area contributed by atoms with Gasteiger partial charge < -0.3 is 20.1 Å². The van der Waals surface area contributed by atoms with E-state index in [4.69, 9.17) is 16.3 Å². The fourth-order valence-electron chi connectivity index (χ4n) is 4.72. The fraction of sp³-hybridized carbons (Fsp3) is 0.233. The monoisotopic (exact) mass is 706 g/mol. The molecule has 0 aliphatic rings. The Balaban J connectivity index is 0.000000260. The number of hydrogen-bond acceptors (Lipinski definition) is 6. The maximum absolute atomic E-state index is 13.0. The van der Waals surface area contributed by atoms with Gasteiger partial charge in [-0.05, 0) is 82.1 Å². The van der Waals surface area contributed by atoms with E-state index in [1.165, 1.54) is 10.5 Å². The number of carbonyl (C=O) groups excluding carboxylic acids is 3. The number of nitrogens with zero attached hydrogens (tertiary/aromatic N) is 1. The van der Waals surface area contributed by atoms with Crippen LogP contribution in [0, 0.1) is 0 Å². The van der Waals surface area contributed by atoms with Crippen LogP contribution >= 0.6 is 11.6 Å². The Hall–Kier alpha value is -5.40. The van der Waals surface area contributed by atoms with E-state index in [1.807, 2.05) is 61.6 Å². The van der Waals surface area contributed by atoms with E-state index in [0.29, 0.717) is 33.9 Å². The van der Waals surface area contributed by atoms with Crippen molar-refractivity contribution in [3.05, 3.63) is 155 Å². The van der Waals surface area contributed by atoms with Crippen LogP contribution in [0.15, 0.2) is 127 Å². The molecular formula is C43H47ClN2O5. The standard InChI is InChI=1S/C25H25NO3.C11H17NO.C7H5ClO/c1-25(2,3)20-15-16-22(29-24(28)19-13-9-6-10-14-19)21(17-20)26(4)23(27)18-11-7-5-8-12-18;1-11(2,3)8-5-6-10(13)9(7-8)12-4;8-7(9)6-4-2-1-3-5-6/h5-17H,1-4H3;5-7,12-13H,1-4H3;1-5H. The lowest BCUT2D eigenvalue weighted by molar-refractivity contribution is 0.0733. The SMILES string of the molecule is CN(C(=O)c1ccccc1)c1cc(C(C)(C)C)ccc1OC(=O)c1ccccc1.CNc1cc(C(C)(C)C)ccc1O.O=C(Cl)c1ccccc1. The van der Waals surface area contributed by atoms with Crippen LogP contribution in [0.3, 0.4) is 0 Å². The summed E-state index contributed by atoms with van der Waals surface area (Å²) in [5.74, 6) is 0.0127. The topological polar surface area (TPSA) is 95.9 Å². The third kappa shape index (κ3) is 11.9. The van der Waals surface area contributed by atoms with Gasteiger partial charge in [0.05, 0.1) is 16.9 Å². The number of carbonyl (C=O) groups is 3. The molecule has 2 N–H and O–H groups in total. The summed E-state index contributed by atoms with van der Waals surface area (Å²) in [5, 5.41) is 12.0. The first-order chi connectivity index (χ1) is 24.0.